The largest absolute Gasteiger partial charge is 0.345 e. The maximum atomic E-state index is 12.5. The summed E-state index contributed by atoms with van der Waals surface area (Å²) < 4.78 is 1.97. The topological polar surface area (TPSA) is 64.0 Å². The summed E-state index contributed by atoms with van der Waals surface area (Å²) in [7, 11) is 0. The third kappa shape index (κ3) is 5.83. The van der Waals surface area contributed by atoms with Crippen molar-refractivity contribution < 1.29 is 9.59 Å². The summed E-state index contributed by atoms with van der Waals surface area (Å²) in [5.74, 6) is 0.439. The Bertz CT molecular complexity index is 981. The first-order chi connectivity index (χ1) is 14.4. The zero-order valence-corrected chi connectivity index (χ0v) is 18.4. The van der Waals surface area contributed by atoms with Gasteiger partial charge >= 0.3 is 0 Å². The van der Waals surface area contributed by atoms with Crippen LogP contribution in [0.4, 0.5) is 0 Å². The number of nitrogens with zero attached hydrogens (tertiary/aromatic N) is 2. The van der Waals surface area contributed by atoms with E-state index in [2.05, 4.69) is 48.4 Å². The first-order valence-corrected chi connectivity index (χ1v) is 11.0. The van der Waals surface area contributed by atoms with Crippen molar-refractivity contribution in [1.82, 2.24) is 14.9 Å². The lowest BCUT2D eigenvalue weighted by Crippen LogP contribution is -2.42. The fraction of sp³-hybridized carbons (Fsp3) is 0.292. The molecule has 0 saturated carbocycles. The predicted molar refractivity (Wildman–Crippen MR) is 121 cm³/mol. The number of ketones is 1. The van der Waals surface area contributed by atoms with Gasteiger partial charge < -0.3 is 5.32 Å². The number of carbonyl (C=O) groups excluding carboxylic acids is 2. The van der Waals surface area contributed by atoms with Gasteiger partial charge in [0.2, 0.25) is 5.91 Å². The van der Waals surface area contributed by atoms with E-state index in [4.69, 9.17) is 0 Å². The number of rotatable bonds is 9. The molecule has 1 N–H and O–H groups in total. The van der Waals surface area contributed by atoms with E-state index in [1.165, 1.54) is 24.2 Å². The van der Waals surface area contributed by atoms with Crippen LogP contribution in [0.1, 0.15) is 37.8 Å². The summed E-state index contributed by atoms with van der Waals surface area (Å²) in [6.45, 7) is 5.84. The summed E-state index contributed by atoms with van der Waals surface area (Å²) in [5.41, 5.74) is 3.30. The van der Waals surface area contributed by atoms with E-state index in [-0.39, 0.29) is 17.4 Å². The average Bonchev–Trinajstić information content (AvgIpc) is 3.21. The molecule has 1 heterocycles. The smallest absolute Gasteiger partial charge is 0.231 e. The van der Waals surface area contributed by atoms with Crippen molar-refractivity contribution in [2.75, 3.05) is 5.75 Å². The number of carbonyl (C=O) groups is 2. The third-order valence-corrected chi connectivity index (χ3v) is 5.85. The van der Waals surface area contributed by atoms with Gasteiger partial charge in [-0.2, -0.15) is 0 Å². The SMILES string of the molecule is CC(=O)[C@H](Cc1ccccc1)NC(=O)CSc1nccn1-c1ccc(C(C)C)cc1. The molecule has 156 valence electrons. The molecular formula is C24H27N3O2S. The Hall–Kier alpha value is -2.86. The number of nitrogens with one attached hydrogen (secondary N) is 1. The van der Waals surface area contributed by atoms with Crippen LogP contribution in [-0.4, -0.2) is 33.0 Å². The number of aromatic nitrogens is 2. The second-order valence-electron chi connectivity index (χ2n) is 7.54. The highest BCUT2D eigenvalue weighted by molar-refractivity contribution is 7.99. The Balaban J connectivity index is 1.61. The van der Waals surface area contributed by atoms with Gasteiger partial charge in [-0.05, 0) is 42.5 Å². The Morgan fingerprint density at radius 2 is 1.77 bits per heavy atom. The highest BCUT2D eigenvalue weighted by Gasteiger charge is 2.18. The summed E-state index contributed by atoms with van der Waals surface area (Å²) in [6, 6.07) is 17.5. The zero-order chi connectivity index (χ0) is 21.5. The number of hydrogen-bond donors (Lipinski definition) is 1. The van der Waals surface area contributed by atoms with Crippen LogP contribution in [0, 0.1) is 0 Å². The van der Waals surface area contributed by atoms with E-state index in [1.807, 2.05) is 41.1 Å². The van der Waals surface area contributed by atoms with Crippen molar-refractivity contribution in [1.29, 1.82) is 0 Å². The summed E-state index contributed by atoms with van der Waals surface area (Å²) in [6.07, 6.45) is 4.10. The molecular weight excluding hydrogens is 394 g/mol. The fourth-order valence-corrected chi connectivity index (χ4v) is 3.91. The van der Waals surface area contributed by atoms with Crippen molar-refractivity contribution in [3.63, 3.8) is 0 Å². The number of benzene rings is 2. The second-order valence-corrected chi connectivity index (χ2v) is 8.48. The van der Waals surface area contributed by atoms with Gasteiger partial charge in [0.15, 0.2) is 10.9 Å². The van der Waals surface area contributed by atoms with E-state index in [1.54, 1.807) is 6.20 Å². The van der Waals surface area contributed by atoms with Gasteiger partial charge in [0.1, 0.15) is 0 Å². The molecule has 1 atom stereocenters. The minimum Gasteiger partial charge on any atom is -0.345 e. The maximum absolute atomic E-state index is 12.5. The third-order valence-electron chi connectivity index (χ3n) is 4.89. The van der Waals surface area contributed by atoms with E-state index in [0.717, 1.165) is 16.4 Å². The van der Waals surface area contributed by atoms with Crippen LogP contribution < -0.4 is 5.32 Å². The minimum atomic E-state index is -0.524. The first kappa shape index (κ1) is 21.8. The number of imidazole rings is 1. The number of Topliss-reactive ketones (excluding diaryl/α,β-unsaturated/α-hetero) is 1. The number of thioether (sulfide) groups is 1. The lowest BCUT2D eigenvalue weighted by molar-refractivity contribution is -0.125. The van der Waals surface area contributed by atoms with Gasteiger partial charge in [0.05, 0.1) is 11.8 Å². The van der Waals surface area contributed by atoms with Crippen molar-refractivity contribution in [3.05, 3.63) is 78.1 Å². The Morgan fingerprint density at radius 3 is 2.40 bits per heavy atom. The van der Waals surface area contributed by atoms with Crippen molar-refractivity contribution in [2.24, 2.45) is 0 Å². The Morgan fingerprint density at radius 1 is 1.07 bits per heavy atom. The molecule has 0 fully saturated rings. The molecule has 3 rings (SSSR count). The summed E-state index contributed by atoms with van der Waals surface area (Å²) in [4.78, 5) is 28.9. The molecule has 3 aromatic rings. The predicted octanol–water partition coefficient (Wildman–Crippen LogP) is 4.40. The molecule has 0 unspecified atom stereocenters. The molecule has 0 bridgehead atoms. The first-order valence-electron chi connectivity index (χ1n) is 10.0. The summed E-state index contributed by atoms with van der Waals surface area (Å²) >= 11 is 1.36. The second kappa shape index (κ2) is 10.3. The van der Waals surface area contributed by atoms with E-state index >= 15 is 0 Å². The maximum Gasteiger partial charge on any atom is 0.231 e. The van der Waals surface area contributed by atoms with Crippen LogP contribution in [0.25, 0.3) is 5.69 Å². The monoisotopic (exact) mass is 421 g/mol. The normalized spacial score (nSPS) is 12.0. The zero-order valence-electron chi connectivity index (χ0n) is 17.5. The number of hydrogen-bond acceptors (Lipinski definition) is 4. The molecule has 0 radical (unpaired) electrons. The highest BCUT2D eigenvalue weighted by atomic mass is 32.2. The molecule has 1 amide bonds. The minimum absolute atomic E-state index is 0.0519. The van der Waals surface area contributed by atoms with Crippen LogP contribution in [0.3, 0.4) is 0 Å². The molecule has 30 heavy (non-hydrogen) atoms. The van der Waals surface area contributed by atoms with Gasteiger partial charge in [-0.3, -0.25) is 14.2 Å². The average molecular weight is 422 g/mol. The van der Waals surface area contributed by atoms with Crippen LogP contribution in [0.5, 0.6) is 0 Å². The lowest BCUT2D eigenvalue weighted by Gasteiger charge is -2.16. The molecule has 2 aromatic carbocycles. The Kier molecular flexibility index (Phi) is 7.46. The van der Waals surface area contributed by atoms with Crippen molar-refractivity contribution >= 4 is 23.5 Å². The molecule has 5 nitrogen and oxygen atoms in total. The Labute approximate surface area is 181 Å². The van der Waals surface area contributed by atoms with Gasteiger partial charge in [0.25, 0.3) is 0 Å². The molecule has 0 saturated heterocycles. The standard InChI is InChI=1S/C24H27N3O2S/c1-17(2)20-9-11-21(12-10-20)27-14-13-25-24(27)30-16-23(29)26-22(18(3)28)15-19-7-5-4-6-8-19/h4-14,17,22H,15-16H2,1-3H3,(H,26,29)/t22-/m0/s1. The lowest BCUT2D eigenvalue weighted by atomic mass is 10.0. The van der Waals surface area contributed by atoms with Crippen LogP contribution in [0.15, 0.2) is 72.1 Å². The van der Waals surface area contributed by atoms with Crippen LogP contribution in [-0.2, 0) is 16.0 Å². The van der Waals surface area contributed by atoms with E-state index < -0.39 is 6.04 Å². The van der Waals surface area contributed by atoms with E-state index in [9.17, 15) is 9.59 Å². The van der Waals surface area contributed by atoms with Gasteiger partial charge in [-0.25, -0.2) is 4.98 Å². The van der Waals surface area contributed by atoms with E-state index in [0.29, 0.717) is 12.3 Å². The quantitative estimate of drug-likeness (QED) is 0.520. The van der Waals surface area contributed by atoms with Gasteiger partial charge in [-0.1, -0.05) is 68.1 Å². The molecule has 1 aromatic heterocycles. The summed E-state index contributed by atoms with van der Waals surface area (Å²) in [5, 5.41) is 3.60. The number of amides is 1. The van der Waals surface area contributed by atoms with Crippen molar-refractivity contribution in [3.8, 4) is 5.69 Å². The molecule has 0 aliphatic heterocycles. The molecule has 6 heteroatoms. The van der Waals surface area contributed by atoms with Crippen molar-refractivity contribution in [2.45, 2.75) is 44.3 Å². The van der Waals surface area contributed by atoms with Crippen LogP contribution in [0.2, 0.25) is 0 Å². The molecule has 0 spiro atoms. The highest BCUT2D eigenvalue weighted by Crippen LogP contribution is 2.22. The van der Waals surface area contributed by atoms with Gasteiger partial charge in [0, 0.05) is 18.1 Å². The molecule has 0 aliphatic carbocycles. The van der Waals surface area contributed by atoms with Gasteiger partial charge in [-0.15, -0.1) is 0 Å². The van der Waals surface area contributed by atoms with Crippen LogP contribution >= 0.6 is 11.8 Å². The fourth-order valence-electron chi connectivity index (χ4n) is 3.13. The molecule has 0 aliphatic rings.